The molecule has 478 valence electrons. The molecule has 0 bridgehead atoms. The number of nitrogens with one attached hydrogen (secondary N) is 9. The predicted octanol–water partition coefficient (Wildman–Crippen LogP) is 4.20. The molecule has 1 saturated heterocycles. The second-order valence-corrected chi connectivity index (χ2v) is 26.6. The van der Waals surface area contributed by atoms with E-state index >= 15 is 0 Å². The first kappa shape index (κ1) is 71.6. The van der Waals surface area contributed by atoms with Crippen molar-refractivity contribution in [3.05, 3.63) is 64.4 Å². The molecule has 5 atom stereocenters. The zero-order valence-electron chi connectivity index (χ0n) is 53.0. The number of rotatable bonds is 31. The van der Waals surface area contributed by atoms with E-state index in [9.17, 15) is 52.3 Å². The topological polar surface area (TPSA) is 295 Å². The van der Waals surface area contributed by atoms with Gasteiger partial charge < -0.3 is 62.4 Å². The van der Waals surface area contributed by atoms with Gasteiger partial charge in [0.15, 0.2) is 0 Å². The molecule has 1 aliphatic heterocycles. The molecule has 1 aliphatic carbocycles. The standard InChI is InChI=1S/C62H95ClFN11O11/c1-36(2)30-43(50(77)66-45(32-38(5)6)53(80)72-61(11,12)58(85)73-59(7,8)56(83)65-28-25-49(76)70-62(26-17-27-62)35-74(13)14)69-57(84)60(9,10)71-52(79)44(31-37(3)4)67-51(78)46(34-39-19-24-48(86-15)42(63)33-39)68-54(81)47-18-16-29-75(47)55(82)40-20-22-41(64)23-21-40/h19-24,33,36-38,43-47H,16-18,25-32,34-35H2,1-15H3,(H,65,83)(H,66,77)(H,67,78)(H,68,81)(H,69,84)(H,70,76)(H,71,79)(H,72,80)(H,73,85)/t43?,44?,45?,46?,47-/m0/s1. The van der Waals surface area contributed by atoms with E-state index in [1.807, 2.05) is 60.5 Å². The molecule has 10 amide bonds. The lowest BCUT2D eigenvalue weighted by molar-refractivity contribution is -0.139. The zero-order chi connectivity index (χ0) is 64.6. The highest BCUT2D eigenvalue weighted by atomic mass is 35.5. The van der Waals surface area contributed by atoms with Gasteiger partial charge in [0.05, 0.1) is 17.7 Å². The number of hydrogen-bond donors (Lipinski definition) is 9. The van der Waals surface area contributed by atoms with Gasteiger partial charge in [0.2, 0.25) is 53.2 Å². The van der Waals surface area contributed by atoms with Crippen molar-refractivity contribution in [1.29, 1.82) is 0 Å². The second kappa shape index (κ2) is 31.2. The number of amides is 10. The average molecular weight is 1220 g/mol. The summed E-state index contributed by atoms with van der Waals surface area (Å²) in [6.07, 6.45) is 3.83. The van der Waals surface area contributed by atoms with Crippen LogP contribution in [-0.4, -0.2) is 162 Å². The summed E-state index contributed by atoms with van der Waals surface area (Å²) in [5, 5.41) is 25.4. The molecule has 2 aromatic rings. The molecule has 4 rings (SSSR count). The van der Waals surface area contributed by atoms with E-state index in [0.29, 0.717) is 24.3 Å². The highest BCUT2D eigenvalue weighted by Gasteiger charge is 2.43. The molecule has 0 aromatic heterocycles. The monoisotopic (exact) mass is 1220 g/mol. The fraction of sp³-hybridized carbons (Fsp3) is 0.645. The van der Waals surface area contributed by atoms with Crippen LogP contribution >= 0.6 is 11.6 Å². The summed E-state index contributed by atoms with van der Waals surface area (Å²) in [7, 11) is 5.34. The summed E-state index contributed by atoms with van der Waals surface area (Å²) >= 11 is 6.48. The molecule has 4 unspecified atom stereocenters. The Morgan fingerprint density at radius 1 is 0.663 bits per heavy atom. The van der Waals surface area contributed by atoms with Crippen molar-refractivity contribution in [3.63, 3.8) is 0 Å². The normalized spacial score (nSPS) is 16.4. The van der Waals surface area contributed by atoms with Crippen molar-refractivity contribution in [2.24, 2.45) is 17.8 Å². The molecule has 2 aliphatic rings. The molecule has 2 fully saturated rings. The maximum absolute atomic E-state index is 14.5. The van der Waals surface area contributed by atoms with Crippen LogP contribution in [0, 0.1) is 23.6 Å². The molecule has 9 N–H and O–H groups in total. The van der Waals surface area contributed by atoms with Gasteiger partial charge in [0, 0.05) is 38.0 Å². The predicted molar refractivity (Wildman–Crippen MR) is 326 cm³/mol. The Morgan fingerprint density at radius 2 is 1.17 bits per heavy atom. The van der Waals surface area contributed by atoms with Gasteiger partial charge in [-0.25, -0.2) is 4.39 Å². The van der Waals surface area contributed by atoms with E-state index < -0.39 is 106 Å². The van der Waals surface area contributed by atoms with Gasteiger partial charge in [-0.15, -0.1) is 0 Å². The molecule has 24 heteroatoms. The van der Waals surface area contributed by atoms with Gasteiger partial charge in [-0.05, 0) is 167 Å². The Balaban J connectivity index is 1.45. The van der Waals surface area contributed by atoms with Crippen molar-refractivity contribution in [2.75, 3.05) is 40.8 Å². The number of ether oxygens (including phenoxy) is 1. The Hall–Kier alpha value is -6.88. The zero-order valence-corrected chi connectivity index (χ0v) is 53.7. The van der Waals surface area contributed by atoms with Crippen LogP contribution in [0.1, 0.15) is 157 Å². The molecule has 1 saturated carbocycles. The summed E-state index contributed by atoms with van der Waals surface area (Å²) in [5.41, 5.74) is -4.35. The minimum absolute atomic E-state index is 0.0337. The van der Waals surface area contributed by atoms with E-state index in [4.69, 9.17) is 16.3 Å². The smallest absolute Gasteiger partial charge is 0.254 e. The first-order chi connectivity index (χ1) is 40.0. The third kappa shape index (κ3) is 21.2. The molecule has 22 nitrogen and oxygen atoms in total. The van der Waals surface area contributed by atoms with Crippen LogP contribution in [0.4, 0.5) is 4.39 Å². The molecule has 86 heavy (non-hydrogen) atoms. The van der Waals surface area contributed by atoms with Crippen molar-refractivity contribution < 1.29 is 57.1 Å². The fourth-order valence-electron chi connectivity index (χ4n) is 10.4. The quantitative estimate of drug-likeness (QED) is 0.0514. The molecule has 1 heterocycles. The van der Waals surface area contributed by atoms with Crippen LogP contribution in [0.15, 0.2) is 42.5 Å². The number of carbonyl (C=O) groups excluding carboxylic acids is 10. The first-order valence-electron chi connectivity index (χ1n) is 29.8. The van der Waals surface area contributed by atoms with Gasteiger partial charge in [-0.1, -0.05) is 59.2 Å². The van der Waals surface area contributed by atoms with Gasteiger partial charge in [-0.2, -0.15) is 0 Å². The van der Waals surface area contributed by atoms with Crippen LogP contribution in [-0.2, 0) is 49.6 Å². The number of methoxy groups -OCH3 is 1. The summed E-state index contributed by atoms with van der Waals surface area (Å²) < 4.78 is 19.1. The summed E-state index contributed by atoms with van der Waals surface area (Å²) in [5.74, 6) is -6.85. The summed E-state index contributed by atoms with van der Waals surface area (Å²) in [4.78, 5) is 143. The Kier molecular flexibility index (Phi) is 25.9. The average Bonchev–Trinajstić information content (AvgIpc) is 3.26. The van der Waals surface area contributed by atoms with Crippen molar-refractivity contribution in [3.8, 4) is 5.75 Å². The highest BCUT2D eigenvalue weighted by Crippen LogP contribution is 2.32. The molecular formula is C62H95ClFN11O11. The number of halogens is 2. The largest absolute Gasteiger partial charge is 0.495 e. The van der Waals surface area contributed by atoms with E-state index in [-0.39, 0.29) is 91.4 Å². The molecule has 2 aromatic carbocycles. The van der Waals surface area contributed by atoms with E-state index in [0.717, 1.165) is 31.4 Å². The molecule has 0 spiro atoms. The van der Waals surface area contributed by atoms with Gasteiger partial charge in [0.1, 0.15) is 58.4 Å². The Labute approximate surface area is 511 Å². The SMILES string of the molecule is COc1ccc(CC(NC(=O)[C@@H]2CCCN2C(=O)c2ccc(F)cc2)C(=O)NC(CC(C)C)C(=O)NC(C)(C)C(=O)NC(CC(C)C)C(=O)NC(CC(C)C)C(=O)NC(C)(C)C(=O)NC(C)(C)C(=O)NCCC(=O)NC2(CN(C)C)CCC2)cc1Cl. The lowest BCUT2D eigenvalue weighted by Gasteiger charge is -2.44. The van der Waals surface area contributed by atoms with E-state index in [1.165, 1.54) is 65.7 Å². The number of likely N-dealkylation sites (tertiary alicyclic amines) is 1. The van der Waals surface area contributed by atoms with Gasteiger partial charge >= 0.3 is 0 Å². The Morgan fingerprint density at radius 3 is 1.66 bits per heavy atom. The van der Waals surface area contributed by atoms with Crippen LogP contribution in [0.3, 0.4) is 0 Å². The number of likely N-dealkylation sites (N-methyl/N-ethyl adjacent to an activating group) is 1. The summed E-state index contributed by atoms with van der Waals surface area (Å²) in [6.45, 7) is 20.8. The van der Waals surface area contributed by atoms with Crippen molar-refractivity contribution in [2.45, 2.75) is 200 Å². The minimum atomic E-state index is -1.71. The Bertz CT molecular complexity index is 2750. The number of carbonyl (C=O) groups is 10. The van der Waals surface area contributed by atoms with Crippen molar-refractivity contribution >= 4 is 70.7 Å². The van der Waals surface area contributed by atoms with Crippen LogP contribution in [0.5, 0.6) is 5.75 Å². The maximum atomic E-state index is 14.5. The van der Waals surface area contributed by atoms with Crippen molar-refractivity contribution in [1.82, 2.24) is 57.7 Å². The van der Waals surface area contributed by atoms with Crippen LogP contribution in [0.2, 0.25) is 5.02 Å². The second-order valence-electron chi connectivity index (χ2n) is 26.2. The number of nitrogens with zero attached hydrogens (tertiary/aromatic N) is 2. The lowest BCUT2D eigenvalue weighted by Crippen LogP contribution is -2.65. The van der Waals surface area contributed by atoms with E-state index in [2.05, 4.69) is 47.9 Å². The van der Waals surface area contributed by atoms with Crippen LogP contribution < -0.4 is 52.6 Å². The van der Waals surface area contributed by atoms with Crippen LogP contribution in [0.25, 0.3) is 0 Å². The highest BCUT2D eigenvalue weighted by molar-refractivity contribution is 6.32. The molecular weight excluding hydrogens is 1130 g/mol. The minimum Gasteiger partial charge on any atom is -0.495 e. The van der Waals surface area contributed by atoms with Gasteiger partial charge in [-0.3, -0.25) is 47.9 Å². The first-order valence-corrected chi connectivity index (χ1v) is 30.2. The number of benzene rings is 2. The third-order valence-electron chi connectivity index (χ3n) is 15.2. The van der Waals surface area contributed by atoms with Gasteiger partial charge in [0.25, 0.3) is 5.91 Å². The third-order valence-corrected chi connectivity index (χ3v) is 15.5. The molecule has 0 radical (unpaired) electrons. The summed E-state index contributed by atoms with van der Waals surface area (Å²) in [6, 6.07) is 3.88. The maximum Gasteiger partial charge on any atom is 0.254 e. The number of hydrogen-bond acceptors (Lipinski definition) is 12. The van der Waals surface area contributed by atoms with E-state index in [1.54, 1.807) is 18.2 Å². The lowest BCUT2D eigenvalue weighted by atomic mass is 9.76. The fourth-order valence-corrected chi connectivity index (χ4v) is 10.7.